The molecule has 2 rings (SSSR count). The van der Waals surface area contributed by atoms with E-state index in [0.717, 1.165) is 6.07 Å². The molecule has 1 heterocycles. The maximum absolute atomic E-state index is 14.0. The first kappa shape index (κ1) is 14.4. The van der Waals surface area contributed by atoms with Crippen LogP contribution in [-0.4, -0.2) is 15.8 Å². The Morgan fingerprint density at radius 2 is 1.95 bits per heavy atom. The van der Waals surface area contributed by atoms with Crippen molar-refractivity contribution in [2.45, 2.75) is 26.3 Å². The van der Waals surface area contributed by atoms with E-state index in [1.54, 1.807) is 13.2 Å². The van der Waals surface area contributed by atoms with Gasteiger partial charge in [-0.25, -0.2) is 13.2 Å². The highest BCUT2D eigenvalue weighted by Gasteiger charge is 2.19. The van der Waals surface area contributed by atoms with E-state index in [0.29, 0.717) is 5.56 Å². The number of aromatic nitrogens is 2. The molecule has 0 aliphatic rings. The van der Waals surface area contributed by atoms with E-state index in [-0.39, 0.29) is 22.9 Å². The van der Waals surface area contributed by atoms with Crippen LogP contribution in [0.4, 0.5) is 18.9 Å². The molecule has 0 spiro atoms. The van der Waals surface area contributed by atoms with Gasteiger partial charge in [0.1, 0.15) is 5.82 Å². The third-order valence-electron chi connectivity index (χ3n) is 2.83. The first-order valence-corrected chi connectivity index (χ1v) is 6.25. The molecule has 3 nitrogen and oxygen atoms in total. The van der Waals surface area contributed by atoms with E-state index in [1.165, 1.54) is 16.9 Å². The predicted octanol–water partition coefficient (Wildman–Crippen LogP) is 3.98. The predicted molar refractivity (Wildman–Crippen MR) is 72.3 cm³/mol. The smallest absolute Gasteiger partial charge is 0.264 e. The summed E-state index contributed by atoms with van der Waals surface area (Å²) >= 11 is 0. The van der Waals surface area contributed by atoms with Crippen LogP contribution in [0.5, 0.6) is 0 Å². The van der Waals surface area contributed by atoms with Crippen LogP contribution in [0.25, 0.3) is 11.1 Å². The lowest BCUT2D eigenvalue weighted by atomic mass is 10.0. The minimum absolute atomic E-state index is 0.0423. The molecule has 0 aliphatic heterocycles. The number of hydrogen-bond donors (Lipinski definition) is 1. The highest BCUT2D eigenvalue weighted by molar-refractivity contribution is 5.70. The number of aryl methyl sites for hydroxylation is 1. The molecular weight excluding hydrogens is 267 g/mol. The topological polar surface area (TPSA) is 29.9 Å². The fourth-order valence-corrected chi connectivity index (χ4v) is 2.00. The fraction of sp³-hybridized carbons (Fsp3) is 0.357. The van der Waals surface area contributed by atoms with Gasteiger partial charge in [0.15, 0.2) is 0 Å². The van der Waals surface area contributed by atoms with Gasteiger partial charge in [-0.15, -0.1) is 0 Å². The minimum Gasteiger partial charge on any atom is -0.380 e. The number of nitrogens with zero attached hydrogens (tertiary/aromatic N) is 2. The van der Waals surface area contributed by atoms with E-state index in [4.69, 9.17) is 0 Å². The summed E-state index contributed by atoms with van der Waals surface area (Å²) in [5, 5.41) is 6.75. The lowest BCUT2D eigenvalue weighted by molar-refractivity contribution is 0.152. The second-order valence-corrected chi connectivity index (χ2v) is 4.92. The quantitative estimate of drug-likeness (QED) is 0.919. The first-order chi connectivity index (χ1) is 9.38. The van der Waals surface area contributed by atoms with E-state index >= 15 is 0 Å². The molecule has 0 amide bonds. The van der Waals surface area contributed by atoms with Crippen molar-refractivity contribution >= 4 is 5.69 Å². The molecule has 2 aromatic rings. The van der Waals surface area contributed by atoms with Crippen LogP contribution in [0.3, 0.4) is 0 Å². The molecule has 0 saturated carbocycles. The largest absolute Gasteiger partial charge is 0.380 e. The van der Waals surface area contributed by atoms with Gasteiger partial charge < -0.3 is 5.32 Å². The van der Waals surface area contributed by atoms with Crippen molar-refractivity contribution in [1.29, 1.82) is 0 Å². The second-order valence-electron chi connectivity index (χ2n) is 4.92. The van der Waals surface area contributed by atoms with Gasteiger partial charge in [-0.1, -0.05) is 0 Å². The third kappa shape index (κ3) is 2.95. The lowest BCUT2D eigenvalue weighted by Crippen LogP contribution is -2.11. The Kier molecular flexibility index (Phi) is 4.01. The minimum atomic E-state index is -2.68. The Bertz CT molecular complexity index is 606. The van der Waals surface area contributed by atoms with Gasteiger partial charge in [-0.3, -0.25) is 4.68 Å². The van der Waals surface area contributed by atoms with Crippen molar-refractivity contribution in [2.75, 3.05) is 5.32 Å². The van der Waals surface area contributed by atoms with Gasteiger partial charge in [0.2, 0.25) is 0 Å². The van der Waals surface area contributed by atoms with Crippen molar-refractivity contribution in [3.8, 4) is 11.1 Å². The molecule has 1 aromatic heterocycles. The maximum atomic E-state index is 14.0. The summed E-state index contributed by atoms with van der Waals surface area (Å²) in [4.78, 5) is 0. The molecule has 20 heavy (non-hydrogen) atoms. The zero-order valence-corrected chi connectivity index (χ0v) is 11.5. The number of benzene rings is 1. The Morgan fingerprint density at radius 1 is 1.25 bits per heavy atom. The summed E-state index contributed by atoms with van der Waals surface area (Å²) in [5.74, 6) is -0.554. The zero-order valence-electron chi connectivity index (χ0n) is 11.5. The van der Waals surface area contributed by atoms with Gasteiger partial charge >= 0.3 is 0 Å². The van der Waals surface area contributed by atoms with E-state index in [9.17, 15) is 13.2 Å². The molecule has 0 radical (unpaired) electrons. The molecular formula is C14H16F3N3. The first-order valence-electron chi connectivity index (χ1n) is 6.25. The summed E-state index contributed by atoms with van der Waals surface area (Å²) in [6, 6.07) is 2.25. The van der Waals surface area contributed by atoms with Crippen molar-refractivity contribution in [1.82, 2.24) is 9.78 Å². The normalized spacial score (nSPS) is 11.4. The third-order valence-corrected chi connectivity index (χ3v) is 2.83. The summed E-state index contributed by atoms with van der Waals surface area (Å²) in [7, 11) is 1.68. The van der Waals surface area contributed by atoms with E-state index in [1.807, 2.05) is 13.8 Å². The summed E-state index contributed by atoms with van der Waals surface area (Å²) in [5.41, 5.74) is 0.517. The molecule has 1 aromatic carbocycles. The van der Waals surface area contributed by atoms with Crippen LogP contribution in [0.2, 0.25) is 0 Å². The van der Waals surface area contributed by atoms with Crippen molar-refractivity contribution in [2.24, 2.45) is 7.05 Å². The molecule has 0 aliphatic carbocycles. The zero-order chi connectivity index (χ0) is 14.9. The van der Waals surface area contributed by atoms with Crippen LogP contribution >= 0.6 is 0 Å². The molecule has 0 atom stereocenters. The van der Waals surface area contributed by atoms with Gasteiger partial charge in [0, 0.05) is 30.4 Å². The van der Waals surface area contributed by atoms with E-state index < -0.39 is 12.2 Å². The number of anilines is 1. The molecule has 0 fully saturated rings. The number of rotatable bonds is 4. The average molecular weight is 283 g/mol. The Labute approximate surface area is 115 Å². The van der Waals surface area contributed by atoms with Crippen LogP contribution < -0.4 is 5.32 Å². The van der Waals surface area contributed by atoms with Crippen molar-refractivity contribution in [3.63, 3.8) is 0 Å². The van der Waals surface area contributed by atoms with Crippen LogP contribution in [0.15, 0.2) is 24.5 Å². The lowest BCUT2D eigenvalue weighted by Gasteiger charge is -2.15. The average Bonchev–Trinajstić information content (AvgIpc) is 2.77. The second kappa shape index (κ2) is 5.56. The molecule has 6 heteroatoms. The summed E-state index contributed by atoms with van der Waals surface area (Å²) in [6.07, 6.45) is 0.338. The fourth-order valence-electron chi connectivity index (χ4n) is 2.00. The standard InChI is InChI=1S/C14H16F3N3/c1-8(2)19-13-5-11(14(16)17)10(4-12(13)15)9-6-18-20(3)7-9/h4-8,14,19H,1-3H3. The van der Waals surface area contributed by atoms with E-state index in [2.05, 4.69) is 10.4 Å². The highest BCUT2D eigenvalue weighted by atomic mass is 19.3. The van der Waals surface area contributed by atoms with Crippen LogP contribution in [0, 0.1) is 5.82 Å². The van der Waals surface area contributed by atoms with Crippen molar-refractivity contribution < 1.29 is 13.2 Å². The molecule has 1 N–H and O–H groups in total. The Morgan fingerprint density at radius 3 is 2.45 bits per heavy atom. The number of hydrogen-bond acceptors (Lipinski definition) is 2. The monoisotopic (exact) mass is 283 g/mol. The highest BCUT2D eigenvalue weighted by Crippen LogP contribution is 2.34. The summed E-state index contributed by atoms with van der Waals surface area (Å²) in [6.45, 7) is 3.63. The molecule has 0 saturated heterocycles. The SMILES string of the molecule is CC(C)Nc1cc(C(F)F)c(-c2cnn(C)c2)cc1F. The Balaban J connectivity index is 2.54. The van der Waals surface area contributed by atoms with Gasteiger partial charge in [0.05, 0.1) is 11.9 Å². The van der Waals surface area contributed by atoms with Crippen LogP contribution in [0.1, 0.15) is 25.8 Å². The molecule has 0 bridgehead atoms. The van der Waals surface area contributed by atoms with Crippen molar-refractivity contribution in [3.05, 3.63) is 35.9 Å². The molecule has 108 valence electrons. The van der Waals surface area contributed by atoms with Crippen LogP contribution in [-0.2, 0) is 7.05 Å². The summed E-state index contributed by atoms with van der Waals surface area (Å²) < 4.78 is 41.9. The number of nitrogens with one attached hydrogen (secondary N) is 1. The van der Waals surface area contributed by atoms with Gasteiger partial charge in [0.25, 0.3) is 6.43 Å². The number of halogens is 3. The maximum Gasteiger partial charge on any atom is 0.264 e. The van der Waals surface area contributed by atoms with Gasteiger partial charge in [-0.2, -0.15) is 5.10 Å². The van der Waals surface area contributed by atoms with Gasteiger partial charge in [-0.05, 0) is 31.5 Å². The number of alkyl halides is 2. The molecule has 0 unspecified atom stereocenters. The Hall–Kier alpha value is -1.98.